The lowest BCUT2D eigenvalue weighted by Crippen LogP contribution is -2.51. The summed E-state index contributed by atoms with van der Waals surface area (Å²) in [6, 6.07) is 1.74. The van der Waals surface area contributed by atoms with Gasteiger partial charge in [-0.2, -0.15) is 17.9 Å². The van der Waals surface area contributed by atoms with Crippen LogP contribution in [0.3, 0.4) is 0 Å². The Labute approximate surface area is 198 Å². The zero-order chi connectivity index (χ0) is 24.3. The fourth-order valence-electron chi connectivity index (χ4n) is 6.88. The number of hydrogen-bond donors (Lipinski definition) is 1. The van der Waals surface area contributed by atoms with Crippen molar-refractivity contribution in [3.05, 3.63) is 34.3 Å². The lowest BCUT2D eigenvalue weighted by molar-refractivity contribution is -0.616. The topological polar surface area (TPSA) is 68.5 Å². The van der Waals surface area contributed by atoms with Crippen LogP contribution >= 0.6 is 0 Å². The van der Waals surface area contributed by atoms with Gasteiger partial charge >= 0.3 is 6.18 Å². The van der Waals surface area contributed by atoms with Gasteiger partial charge in [0, 0.05) is 24.2 Å². The second-order valence-corrected chi connectivity index (χ2v) is 11.1. The Hall–Kier alpha value is -1.87. The van der Waals surface area contributed by atoms with Gasteiger partial charge in [0.05, 0.1) is 31.6 Å². The van der Waals surface area contributed by atoms with Crippen molar-refractivity contribution in [2.24, 2.45) is 23.2 Å². The van der Waals surface area contributed by atoms with Crippen LogP contribution in [0.25, 0.3) is 0 Å². The molecule has 2 saturated carbocycles. The van der Waals surface area contributed by atoms with Crippen LogP contribution in [0.1, 0.15) is 62.8 Å². The summed E-state index contributed by atoms with van der Waals surface area (Å²) < 4.78 is 45.8. The number of fused-ring (bicyclic) bond motifs is 3. The third-order valence-electron chi connectivity index (χ3n) is 8.91. The van der Waals surface area contributed by atoms with E-state index in [9.17, 15) is 23.2 Å². The first-order chi connectivity index (χ1) is 16.1. The Morgan fingerprint density at radius 2 is 1.97 bits per heavy atom. The van der Waals surface area contributed by atoms with Crippen molar-refractivity contribution in [2.45, 2.75) is 77.2 Å². The minimum absolute atomic E-state index is 0.0160. The van der Waals surface area contributed by atoms with Gasteiger partial charge in [0.1, 0.15) is 5.56 Å². The zero-order valence-electron chi connectivity index (χ0n) is 19.9. The number of nitrogens with one attached hydrogen (secondary N) is 1. The maximum Gasteiger partial charge on any atom is 0.422 e. The van der Waals surface area contributed by atoms with E-state index in [4.69, 9.17) is 4.74 Å². The molecule has 0 aromatic carbocycles. The first-order valence-corrected chi connectivity index (χ1v) is 12.5. The molecule has 4 unspecified atom stereocenters. The highest BCUT2D eigenvalue weighted by atomic mass is 19.4. The van der Waals surface area contributed by atoms with Crippen molar-refractivity contribution in [3.8, 4) is 0 Å². The van der Waals surface area contributed by atoms with E-state index in [1.807, 2.05) is 0 Å². The standard InChI is InChI=1S/C25H34F3N3O3/c1-15(2)24(7-5-20(10-24)29-22-16-3-4-17(22)14-34-13-16)23(32)30-8-6-21-18(11-30)9-19(12-31(21)33)25(26,27)28/h9,12,15-17,20,22,29H,3-8,10-11,13-14H2,1-2H3. The van der Waals surface area contributed by atoms with Crippen molar-refractivity contribution in [3.63, 3.8) is 0 Å². The minimum atomic E-state index is -4.60. The zero-order valence-corrected chi connectivity index (χ0v) is 19.9. The van der Waals surface area contributed by atoms with Crippen molar-refractivity contribution in [1.29, 1.82) is 0 Å². The number of hydrogen-bond acceptors (Lipinski definition) is 4. The van der Waals surface area contributed by atoms with Gasteiger partial charge in [-0.1, -0.05) is 13.8 Å². The quantitative estimate of drug-likeness (QED) is 0.529. The number of aromatic nitrogens is 1. The van der Waals surface area contributed by atoms with E-state index in [1.165, 1.54) is 12.8 Å². The number of ether oxygens (including phenoxy) is 1. The highest BCUT2D eigenvalue weighted by molar-refractivity contribution is 5.83. The van der Waals surface area contributed by atoms with Crippen molar-refractivity contribution < 1.29 is 27.4 Å². The van der Waals surface area contributed by atoms with E-state index in [0.29, 0.717) is 46.6 Å². The molecule has 2 bridgehead atoms. The fourth-order valence-corrected chi connectivity index (χ4v) is 6.88. The highest BCUT2D eigenvalue weighted by Crippen LogP contribution is 2.47. The molecule has 2 aliphatic heterocycles. The molecular formula is C25H34F3N3O3. The number of halogens is 3. The van der Waals surface area contributed by atoms with E-state index < -0.39 is 17.2 Å². The summed E-state index contributed by atoms with van der Waals surface area (Å²) >= 11 is 0. The largest absolute Gasteiger partial charge is 0.618 e. The maximum absolute atomic E-state index is 13.9. The van der Waals surface area contributed by atoms with Crippen molar-refractivity contribution in [2.75, 3.05) is 19.8 Å². The molecule has 1 aromatic rings. The van der Waals surface area contributed by atoms with Gasteiger partial charge in [0.25, 0.3) is 0 Å². The van der Waals surface area contributed by atoms with Crippen molar-refractivity contribution >= 4 is 5.91 Å². The molecule has 1 amide bonds. The van der Waals surface area contributed by atoms with Gasteiger partial charge in [-0.25, -0.2) is 0 Å². The van der Waals surface area contributed by atoms with E-state index in [1.54, 1.807) is 4.90 Å². The van der Waals surface area contributed by atoms with Crippen LogP contribution in [0, 0.1) is 28.4 Å². The Kier molecular flexibility index (Phi) is 6.07. The van der Waals surface area contributed by atoms with Gasteiger partial charge in [-0.05, 0) is 55.9 Å². The highest BCUT2D eigenvalue weighted by Gasteiger charge is 2.51. The Bertz CT molecular complexity index is 937. The number of alkyl halides is 3. The van der Waals surface area contributed by atoms with E-state index in [2.05, 4.69) is 19.2 Å². The number of carbonyl (C=O) groups is 1. The Balaban J connectivity index is 1.32. The maximum atomic E-state index is 13.9. The van der Waals surface area contributed by atoms with E-state index >= 15 is 0 Å². The van der Waals surface area contributed by atoms with Crippen LogP contribution in [-0.2, 0) is 28.7 Å². The SMILES string of the molecule is CC(C)C1(C(=O)N2CCc3c(cc(C(F)(F)F)c[n+]3[O-])C2)CCC(NC2C3CCC2COC3)C1. The molecule has 4 aliphatic rings. The third kappa shape index (κ3) is 4.08. The number of nitrogens with zero attached hydrogens (tertiary/aromatic N) is 2. The van der Waals surface area contributed by atoms with Crippen LogP contribution in [-0.4, -0.2) is 42.6 Å². The molecule has 188 valence electrons. The summed E-state index contributed by atoms with van der Waals surface area (Å²) in [6.07, 6.45) is 1.09. The molecule has 34 heavy (non-hydrogen) atoms. The molecule has 1 saturated heterocycles. The predicted octanol–water partition coefficient (Wildman–Crippen LogP) is 3.43. The normalized spacial score (nSPS) is 33.4. The monoisotopic (exact) mass is 481 g/mol. The molecule has 0 spiro atoms. The predicted molar refractivity (Wildman–Crippen MR) is 118 cm³/mol. The molecule has 9 heteroatoms. The third-order valence-corrected chi connectivity index (χ3v) is 8.91. The average molecular weight is 482 g/mol. The van der Waals surface area contributed by atoms with Crippen LogP contribution < -0.4 is 10.0 Å². The fraction of sp³-hybridized carbons (Fsp3) is 0.760. The summed E-state index contributed by atoms with van der Waals surface area (Å²) in [5.41, 5.74) is -0.870. The lowest BCUT2D eigenvalue weighted by atomic mass is 9.74. The second kappa shape index (κ2) is 8.66. The summed E-state index contributed by atoms with van der Waals surface area (Å²) in [7, 11) is 0. The molecule has 0 radical (unpaired) electrons. The molecule has 4 atom stereocenters. The molecular weight excluding hydrogens is 447 g/mol. The van der Waals surface area contributed by atoms with Gasteiger partial charge < -0.3 is 20.2 Å². The molecule has 3 fully saturated rings. The average Bonchev–Trinajstić information content (AvgIpc) is 3.30. The summed E-state index contributed by atoms with van der Waals surface area (Å²) in [6.45, 7) is 6.17. The number of amides is 1. The van der Waals surface area contributed by atoms with Crippen LogP contribution in [0.5, 0.6) is 0 Å². The van der Waals surface area contributed by atoms with Crippen molar-refractivity contribution in [1.82, 2.24) is 10.2 Å². The van der Waals surface area contributed by atoms with Gasteiger partial charge in [0.2, 0.25) is 5.91 Å². The number of pyridine rings is 1. The molecule has 1 aromatic heterocycles. The summed E-state index contributed by atoms with van der Waals surface area (Å²) in [5.74, 6) is 1.22. The first-order valence-electron chi connectivity index (χ1n) is 12.5. The molecule has 1 N–H and O–H groups in total. The molecule has 3 heterocycles. The Morgan fingerprint density at radius 3 is 2.62 bits per heavy atom. The van der Waals surface area contributed by atoms with Crippen LogP contribution in [0.2, 0.25) is 0 Å². The van der Waals surface area contributed by atoms with Gasteiger partial charge in [-0.15, -0.1) is 0 Å². The summed E-state index contributed by atoms with van der Waals surface area (Å²) in [4.78, 5) is 15.6. The molecule has 6 nitrogen and oxygen atoms in total. The molecule has 2 aliphatic carbocycles. The molecule has 5 rings (SSSR count). The first kappa shape index (κ1) is 23.9. The van der Waals surface area contributed by atoms with E-state index in [0.717, 1.165) is 38.5 Å². The van der Waals surface area contributed by atoms with Crippen LogP contribution in [0.4, 0.5) is 13.2 Å². The van der Waals surface area contributed by atoms with Crippen LogP contribution in [0.15, 0.2) is 12.3 Å². The second-order valence-electron chi connectivity index (χ2n) is 11.1. The smallest absolute Gasteiger partial charge is 0.422 e. The summed E-state index contributed by atoms with van der Waals surface area (Å²) in [5, 5.41) is 16.1. The van der Waals surface area contributed by atoms with E-state index in [-0.39, 0.29) is 30.8 Å². The lowest BCUT2D eigenvalue weighted by Gasteiger charge is -2.39. The Morgan fingerprint density at radius 1 is 1.26 bits per heavy atom. The number of rotatable bonds is 4. The minimum Gasteiger partial charge on any atom is -0.618 e. The number of carbonyl (C=O) groups excluding carboxylic acids is 1. The van der Waals surface area contributed by atoms with Gasteiger partial charge in [0.15, 0.2) is 11.9 Å². The van der Waals surface area contributed by atoms with Gasteiger partial charge in [-0.3, -0.25) is 4.79 Å².